The molecular formula is C18H28N2O. The van der Waals surface area contributed by atoms with Crippen LogP contribution in [0.25, 0.3) is 0 Å². The van der Waals surface area contributed by atoms with E-state index in [0.717, 1.165) is 19.4 Å². The van der Waals surface area contributed by atoms with E-state index in [1.54, 1.807) is 0 Å². The zero-order valence-corrected chi connectivity index (χ0v) is 13.5. The molecule has 1 aromatic carbocycles. The van der Waals surface area contributed by atoms with Crippen LogP contribution >= 0.6 is 0 Å². The highest BCUT2D eigenvalue weighted by atomic mass is 16.5. The normalized spacial score (nSPS) is 36.0. The lowest BCUT2D eigenvalue weighted by Crippen LogP contribution is -2.56. The van der Waals surface area contributed by atoms with Gasteiger partial charge in [-0.05, 0) is 50.3 Å². The van der Waals surface area contributed by atoms with Gasteiger partial charge in [0.1, 0.15) is 0 Å². The minimum atomic E-state index is -0.0320. The van der Waals surface area contributed by atoms with Crippen molar-refractivity contribution in [2.75, 3.05) is 20.2 Å². The van der Waals surface area contributed by atoms with E-state index in [9.17, 15) is 0 Å². The van der Waals surface area contributed by atoms with Crippen molar-refractivity contribution in [1.29, 1.82) is 0 Å². The number of likely N-dealkylation sites (N-methyl/N-ethyl adjacent to an activating group) is 1. The summed E-state index contributed by atoms with van der Waals surface area (Å²) in [7, 11) is 2.25. The Balaban J connectivity index is 2.02. The molecule has 0 spiro atoms. The van der Waals surface area contributed by atoms with Crippen molar-refractivity contribution < 1.29 is 4.74 Å². The molecule has 0 bridgehead atoms. The highest BCUT2D eigenvalue weighted by Gasteiger charge is 2.45. The predicted octanol–water partition coefficient (Wildman–Crippen LogP) is 2.85. The topological polar surface area (TPSA) is 38.5 Å². The van der Waals surface area contributed by atoms with Gasteiger partial charge in [-0.25, -0.2) is 0 Å². The largest absolute Gasteiger partial charge is 0.377 e. The van der Waals surface area contributed by atoms with Crippen LogP contribution in [0.5, 0.6) is 0 Å². The Morgan fingerprint density at radius 2 is 2.05 bits per heavy atom. The van der Waals surface area contributed by atoms with Crippen LogP contribution < -0.4 is 5.73 Å². The van der Waals surface area contributed by atoms with Gasteiger partial charge in [0.2, 0.25) is 0 Å². The lowest BCUT2D eigenvalue weighted by atomic mass is 9.71. The first-order valence-corrected chi connectivity index (χ1v) is 8.24. The molecule has 3 heteroatoms. The van der Waals surface area contributed by atoms with Crippen LogP contribution in [-0.2, 0) is 10.3 Å². The summed E-state index contributed by atoms with van der Waals surface area (Å²) < 4.78 is 5.79. The highest BCUT2D eigenvalue weighted by molar-refractivity contribution is 5.39. The highest BCUT2D eigenvalue weighted by Crippen LogP contribution is 2.45. The Morgan fingerprint density at radius 1 is 1.29 bits per heavy atom. The molecule has 116 valence electrons. The molecule has 1 aliphatic carbocycles. The third-order valence-electron chi connectivity index (χ3n) is 5.83. The lowest BCUT2D eigenvalue weighted by molar-refractivity contribution is 0.0155. The molecular weight excluding hydrogens is 260 g/mol. The van der Waals surface area contributed by atoms with E-state index in [4.69, 9.17) is 10.5 Å². The van der Waals surface area contributed by atoms with E-state index >= 15 is 0 Å². The molecule has 1 aliphatic heterocycles. The van der Waals surface area contributed by atoms with Gasteiger partial charge in [0.05, 0.1) is 11.6 Å². The minimum Gasteiger partial charge on any atom is -0.377 e. The monoisotopic (exact) mass is 288 g/mol. The Hall–Kier alpha value is -0.900. The van der Waals surface area contributed by atoms with Gasteiger partial charge in [0.25, 0.3) is 0 Å². The first kappa shape index (κ1) is 15.0. The molecule has 1 saturated heterocycles. The van der Waals surface area contributed by atoms with Crippen LogP contribution in [0.4, 0.5) is 0 Å². The average molecular weight is 288 g/mol. The van der Waals surface area contributed by atoms with E-state index < -0.39 is 0 Å². The first-order valence-electron chi connectivity index (χ1n) is 8.24. The van der Waals surface area contributed by atoms with E-state index in [2.05, 4.69) is 50.1 Å². The molecule has 1 heterocycles. The summed E-state index contributed by atoms with van der Waals surface area (Å²) in [5.74, 6) is 0.631. The Labute approximate surface area is 128 Å². The summed E-state index contributed by atoms with van der Waals surface area (Å²) >= 11 is 0. The van der Waals surface area contributed by atoms with Crippen LogP contribution in [-0.4, -0.2) is 37.2 Å². The van der Waals surface area contributed by atoms with E-state index in [1.807, 2.05) is 0 Å². The maximum atomic E-state index is 6.33. The smallest absolute Gasteiger partial charge is 0.0703 e. The predicted molar refractivity (Wildman–Crippen MR) is 86.4 cm³/mol. The lowest BCUT2D eigenvalue weighted by Gasteiger charge is -2.49. The van der Waals surface area contributed by atoms with Gasteiger partial charge in [0.15, 0.2) is 0 Å². The van der Waals surface area contributed by atoms with E-state index in [1.165, 1.54) is 17.5 Å². The summed E-state index contributed by atoms with van der Waals surface area (Å²) in [6.45, 7) is 6.07. The fourth-order valence-corrected chi connectivity index (χ4v) is 4.36. The van der Waals surface area contributed by atoms with Crippen molar-refractivity contribution in [3.05, 3.63) is 35.4 Å². The SMILES string of the molecule is CC1CCC(CN)(N(C)C2CCOC2C)c2ccccc21. The quantitative estimate of drug-likeness (QED) is 0.929. The molecule has 0 amide bonds. The average Bonchev–Trinajstić information content (AvgIpc) is 2.94. The number of nitrogens with zero attached hydrogens (tertiary/aromatic N) is 1. The molecule has 1 aromatic rings. The van der Waals surface area contributed by atoms with E-state index in [0.29, 0.717) is 24.6 Å². The van der Waals surface area contributed by atoms with Crippen LogP contribution in [0.3, 0.4) is 0 Å². The van der Waals surface area contributed by atoms with Gasteiger partial charge in [-0.1, -0.05) is 31.2 Å². The van der Waals surface area contributed by atoms with Crippen molar-refractivity contribution in [3.8, 4) is 0 Å². The van der Waals surface area contributed by atoms with Crippen molar-refractivity contribution in [1.82, 2.24) is 4.90 Å². The van der Waals surface area contributed by atoms with Crippen molar-refractivity contribution in [2.45, 2.75) is 56.7 Å². The van der Waals surface area contributed by atoms with Crippen LogP contribution in [0.1, 0.15) is 50.2 Å². The van der Waals surface area contributed by atoms with Gasteiger partial charge in [-0.3, -0.25) is 4.90 Å². The second kappa shape index (κ2) is 5.71. The Kier molecular flexibility index (Phi) is 4.08. The Morgan fingerprint density at radius 3 is 2.71 bits per heavy atom. The zero-order valence-electron chi connectivity index (χ0n) is 13.5. The summed E-state index contributed by atoms with van der Waals surface area (Å²) in [4.78, 5) is 2.52. The second-order valence-electron chi connectivity index (χ2n) is 6.81. The number of hydrogen-bond acceptors (Lipinski definition) is 3. The van der Waals surface area contributed by atoms with Crippen molar-refractivity contribution in [3.63, 3.8) is 0 Å². The van der Waals surface area contributed by atoms with Gasteiger partial charge >= 0.3 is 0 Å². The molecule has 2 aliphatic rings. The molecule has 1 fully saturated rings. The second-order valence-corrected chi connectivity index (χ2v) is 6.81. The molecule has 2 N–H and O–H groups in total. The number of nitrogens with two attached hydrogens (primary N) is 1. The molecule has 4 unspecified atom stereocenters. The molecule has 3 nitrogen and oxygen atoms in total. The summed E-state index contributed by atoms with van der Waals surface area (Å²) in [5.41, 5.74) is 9.22. The third kappa shape index (κ3) is 2.32. The fourth-order valence-electron chi connectivity index (χ4n) is 4.36. The summed E-state index contributed by atoms with van der Waals surface area (Å²) in [6.07, 6.45) is 3.75. The molecule has 4 atom stereocenters. The summed E-state index contributed by atoms with van der Waals surface area (Å²) in [5, 5.41) is 0. The molecule has 0 radical (unpaired) electrons. The molecule has 0 aromatic heterocycles. The van der Waals surface area contributed by atoms with Crippen LogP contribution in [0.15, 0.2) is 24.3 Å². The number of hydrogen-bond donors (Lipinski definition) is 1. The van der Waals surface area contributed by atoms with Crippen molar-refractivity contribution >= 4 is 0 Å². The number of fused-ring (bicyclic) bond motifs is 1. The van der Waals surface area contributed by atoms with Gasteiger partial charge in [-0.15, -0.1) is 0 Å². The maximum Gasteiger partial charge on any atom is 0.0703 e. The van der Waals surface area contributed by atoms with Crippen LogP contribution in [0, 0.1) is 0 Å². The van der Waals surface area contributed by atoms with E-state index in [-0.39, 0.29) is 5.54 Å². The molecule has 21 heavy (non-hydrogen) atoms. The van der Waals surface area contributed by atoms with Crippen LogP contribution in [0.2, 0.25) is 0 Å². The number of benzene rings is 1. The minimum absolute atomic E-state index is 0.0320. The zero-order chi connectivity index (χ0) is 15.0. The fraction of sp³-hybridized carbons (Fsp3) is 0.667. The first-order chi connectivity index (χ1) is 10.1. The summed E-state index contributed by atoms with van der Waals surface area (Å²) in [6, 6.07) is 9.35. The van der Waals surface area contributed by atoms with Gasteiger partial charge in [-0.2, -0.15) is 0 Å². The number of rotatable bonds is 3. The maximum absolute atomic E-state index is 6.33. The Bertz CT molecular complexity index is 504. The third-order valence-corrected chi connectivity index (χ3v) is 5.83. The molecule has 0 saturated carbocycles. The van der Waals surface area contributed by atoms with Gasteiger partial charge in [0, 0.05) is 19.2 Å². The molecule has 3 rings (SSSR count). The van der Waals surface area contributed by atoms with Gasteiger partial charge < -0.3 is 10.5 Å². The van der Waals surface area contributed by atoms with Crippen molar-refractivity contribution in [2.24, 2.45) is 5.73 Å². The standard InChI is InChI=1S/C18H28N2O/c1-13-8-10-18(12-19,16-7-5-4-6-15(13)16)20(3)17-9-11-21-14(17)2/h4-7,13-14,17H,8-12,19H2,1-3H3. The number of ether oxygens (including phenoxy) is 1.